The van der Waals surface area contributed by atoms with Crippen LogP contribution >= 0.6 is 7.82 Å². The van der Waals surface area contributed by atoms with Crippen molar-refractivity contribution in [3.8, 4) is 0 Å². The molecule has 65 heavy (non-hydrogen) atoms. The van der Waals surface area contributed by atoms with Crippen molar-refractivity contribution in [1.82, 2.24) is 5.32 Å². The number of likely N-dealkylation sites (N-methyl/N-ethyl adjacent to an activating group) is 1. The molecule has 1 amide bonds. The number of carbonyl (C=O) groups is 1. The van der Waals surface area contributed by atoms with Gasteiger partial charge in [-0.1, -0.05) is 276 Å². The van der Waals surface area contributed by atoms with Gasteiger partial charge in [0.15, 0.2) is 0 Å². The van der Waals surface area contributed by atoms with E-state index >= 15 is 0 Å². The van der Waals surface area contributed by atoms with Crippen molar-refractivity contribution in [3.05, 3.63) is 12.2 Å². The number of unbranched alkanes of at least 4 members (excludes halogenated alkanes) is 40. The fourth-order valence-electron chi connectivity index (χ4n) is 8.75. The van der Waals surface area contributed by atoms with Gasteiger partial charge in [-0.25, -0.2) is 4.57 Å². The summed E-state index contributed by atoms with van der Waals surface area (Å²) in [5.41, 5.74) is 0. The van der Waals surface area contributed by atoms with Gasteiger partial charge in [0.25, 0.3) is 0 Å². The second-order valence-electron chi connectivity index (χ2n) is 21.0. The zero-order valence-electron chi connectivity index (χ0n) is 44.3. The maximum absolute atomic E-state index is 12.9. The molecule has 0 spiro atoms. The highest BCUT2D eigenvalue weighted by Crippen LogP contribution is 2.43. The molecule has 0 radical (unpaired) electrons. The monoisotopic (exact) mass is 942 g/mol. The summed E-state index contributed by atoms with van der Waals surface area (Å²) in [7, 11) is 1.59. The number of nitrogens with one attached hydrogen (secondary N) is 1. The third-order valence-corrected chi connectivity index (χ3v) is 14.2. The molecular weight excluding hydrogens is 828 g/mol. The number of allylic oxidation sites excluding steroid dienone is 1. The Balaban J connectivity index is 3.97. The molecule has 9 heteroatoms. The molecule has 388 valence electrons. The minimum absolute atomic E-state index is 0.0648. The average Bonchev–Trinajstić information content (AvgIpc) is 3.26. The van der Waals surface area contributed by atoms with Crippen molar-refractivity contribution in [2.45, 2.75) is 302 Å². The topological polar surface area (TPSA) is 105 Å². The number of phosphoric ester groups is 1. The van der Waals surface area contributed by atoms with E-state index in [9.17, 15) is 19.4 Å². The van der Waals surface area contributed by atoms with E-state index in [1.807, 2.05) is 27.2 Å². The Morgan fingerprint density at radius 3 is 1.14 bits per heavy atom. The SMILES string of the molecule is CCCCCCCCCCCC/C=C/C(O)C(COP(=O)(O)OCC[N+](C)(C)C)NC(=O)CCCCCCCCCCCCCCCCCCCCCCCCCCCCCCCCC. The van der Waals surface area contributed by atoms with Crippen molar-refractivity contribution in [3.63, 3.8) is 0 Å². The minimum atomic E-state index is -4.34. The Labute approximate surface area is 405 Å². The number of hydrogen-bond donors (Lipinski definition) is 3. The summed E-state index contributed by atoms with van der Waals surface area (Å²) in [6.07, 6.45) is 59.0. The van der Waals surface area contributed by atoms with Crippen molar-refractivity contribution in [1.29, 1.82) is 0 Å². The molecule has 0 aromatic rings. The molecule has 0 rings (SSSR count). The Kier molecular flexibility index (Phi) is 47.7. The number of hydrogen-bond acceptors (Lipinski definition) is 5. The first-order valence-corrected chi connectivity index (χ1v) is 30.1. The van der Waals surface area contributed by atoms with E-state index in [0.717, 1.165) is 38.5 Å². The van der Waals surface area contributed by atoms with Crippen molar-refractivity contribution in [2.75, 3.05) is 40.9 Å². The smallest absolute Gasteiger partial charge is 0.387 e. The van der Waals surface area contributed by atoms with Crippen LogP contribution in [0.5, 0.6) is 0 Å². The number of quaternary nitrogens is 1. The van der Waals surface area contributed by atoms with Gasteiger partial charge in [-0.2, -0.15) is 0 Å². The molecule has 0 heterocycles. The number of aliphatic hydroxyl groups excluding tert-OH is 1. The van der Waals surface area contributed by atoms with E-state index in [1.165, 1.54) is 231 Å². The molecule has 0 aromatic carbocycles. The lowest BCUT2D eigenvalue weighted by molar-refractivity contribution is -0.870. The third kappa shape index (κ3) is 50.9. The number of rotatable bonds is 53. The van der Waals surface area contributed by atoms with E-state index in [0.29, 0.717) is 17.4 Å². The zero-order valence-corrected chi connectivity index (χ0v) is 45.2. The second kappa shape index (κ2) is 48.3. The summed E-state index contributed by atoms with van der Waals surface area (Å²) in [5, 5.41) is 13.9. The van der Waals surface area contributed by atoms with Crippen LogP contribution in [0.2, 0.25) is 0 Å². The summed E-state index contributed by atoms with van der Waals surface area (Å²) in [5.74, 6) is -0.171. The molecule has 0 fully saturated rings. The summed E-state index contributed by atoms with van der Waals surface area (Å²) in [6, 6.07) is -0.840. The largest absolute Gasteiger partial charge is 0.472 e. The van der Waals surface area contributed by atoms with Crippen molar-refractivity contribution < 1.29 is 32.9 Å². The molecule has 0 saturated carbocycles. The molecule has 0 bridgehead atoms. The second-order valence-corrected chi connectivity index (χ2v) is 22.5. The van der Waals surface area contributed by atoms with E-state index in [2.05, 4.69) is 19.2 Å². The number of aliphatic hydroxyl groups is 1. The molecule has 0 aliphatic heterocycles. The molecule has 0 aliphatic carbocycles. The fraction of sp³-hybridized carbons (Fsp3) is 0.946. The highest BCUT2D eigenvalue weighted by atomic mass is 31.2. The predicted octanol–water partition coefficient (Wildman–Crippen LogP) is 17.0. The minimum Gasteiger partial charge on any atom is -0.387 e. The lowest BCUT2D eigenvalue weighted by Gasteiger charge is -2.25. The highest BCUT2D eigenvalue weighted by molar-refractivity contribution is 7.47. The van der Waals surface area contributed by atoms with Crippen LogP contribution in [0.3, 0.4) is 0 Å². The van der Waals surface area contributed by atoms with E-state index in [4.69, 9.17) is 9.05 Å². The number of nitrogens with zero attached hydrogens (tertiary/aromatic N) is 1. The van der Waals surface area contributed by atoms with Gasteiger partial charge in [0, 0.05) is 6.42 Å². The van der Waals surface area contributed by atoms with Gasteiger partial charge in [-0.3, -0.25) is 13.8 Å². The van der Waals surface area contributed by atoms with Crippen LogP contribution in [0.25, 0.3) is 0 Å². The Bertz CT molecular complexity index is 1070. The summed E-state index contributed by atoms with van der Waals surface area (Å²) in [4.78, 5) is 23.2. The molecule has 0 saturated heterocycles. The molecule has 3 unspecified atom stereocenters. The molecule has 8 nitrogen and oxygen atoms in total. The van der Waals surface area contributed by atoms with Crippen LogP contribution in [0, 0.1) is 0 Å². The Morgan fingerprint density at radius 2 is 0.815 bits per heavy atom. The van der Waals surface area contributed by atoms with Gasteiger partial charge in [0.2, 0.25) is 5.91 Å². The van der Waals surface area contributed by atoms with Gasteiger partial charge >= 0.3 is 7.82 Å². The van der Waals surface area contributed by atoms with E-state index in [-0.39, 0.29) is 19.1 Å². The first-order valence-electron chi connectivity index (χ1n) is 28.6. The van der Waals surface area contributed by atoms with Crippen molar-refractivity contribution in [2.24, 2.45) is 0 Å². The van der Waals surface area contributed by atoms with Crippen LogP contribution in [-0.2, 0) is 18.4 Å². The third-order valence-electron chi connectivity index (χ3n) is 13.3. The summed E-state index contributed by atoms with van der Waals surface area (Å²) >= 11 is 0. The molecule has 3 N–H and O–H groups in total. The normalized spacial score (nSPS) is 14.0. The van der Waals surface area contributed by atoms with E-state index < -0.39 is 20.0 Å². The summed E-state index contributed by atoms with van der Waals surface area (Å²) in [6.45, 7) is 4.84. The predicted molar refractivity (Wildman–Crippen MR) is 282 cm³/mol. The van der Waals surface area contributed by atoms with Crippen LogP contribution in [0.1, 0.15) is 290 Å². The van der Waals surface area contributed by atoms with Crippen LogP contribution in [-0.4, -0.2) is 73.4 Å². The zero-order chi connectivity index (χ0) is 47.8. The molecule has 0 aromatic heterocycles. The number of amides is 1. The molecule has 3 atom stereocenters. The lowest BCUT2D eigenvalue weighted by atomic mass is 10.0. The average molecular weight is 943 g/mol. The van der Waals surface area contributed by atoms with Crippen molar-refractivity contribution >= 4 is 13.7 Å². The van der Waals surface area contributed by atoms with Gasteiger partial charge in [-0.15, -0.1) is 0 Å². The van der Waals surface area contributed by atoms with Gasteiger partial charge in [-0.05, 0) is 19.3 Å². The highest BCUT2D eigenvalue weighted by Gasteiger charge is 2.27. The van der Waals surface area contributed by atoms with Crippen LogP contribution in [0.15, 0.2) is 12.2 Å². The number of phosphoric acid groups is 1. The lowest BCUT2D eigenvalue weighted by Crippen LogP contribution is -2.45. The maximum atomic E-state index is 12.9. The Morgan fingerprint density at radius 1 is 0.508 bits per heavy atom. The van der Waals surface area contributed by atoms with Gasteiger partial charge in [0.1, 0.15) is 13.2 Å². The first kappa shape index (κ1) is 64.2. The first-order chi connectivity index (χ1) is 31.5. The molecular formula is C56H114N2O6P+. The van der Waals surface area contributed by atoms with Gasteiger partial charge < -0.3 is 19.8 Å². The fourth-order valence-corrected chi connectivity index (χ4v) is 9.49. The maximum Gasteiger partial charge on any atom is 0.472 e. The molecule has 0 aliphatic rings. The Hall–Kier alpha value is -0.760. The van der Waals surface area contributed by atoms with Gasteiger partial charge in [0.05, 0.1) is 39.9 Å². The van der Waals surface area contributed by atoms with E-state index in [1.54, 1.807) is 6.08 Å². The van der Waals surface area contributed by atoms with Crippen LogP contribution < -0.4 is 5.32 Å². The van der Waals surface area contributed by atoms with Crippen LogP contribution in [0.4, 0.5) is 0 Å². The standard InChI is InChI=1S/C56H113N2O6P/c1-6-8-10-12-14-16-18-20-21-22-23-24-25-26-27-28-29-30-31-32-33-34-35-36-37-38-40-42-44-46-48-50-56(60)57-54(53-64-65(61,62)63-52-51-58(3,4)5)55(59)49-47-45-43-41-39-19-17-15-13-11-9-7-2/h47,49,54-55,59H,6-46,48,50-53H2,1-5H3,(H-,57,60,61,62)/p+1/b49-47+. The number of carbonyl (C=O) groups excluding carboxylic acids is 1. The summed E-state index contributed by atoms with van der Waals surface area (Å²) < 4.78 is 23.6. The quantitative estimate of drug-likeness (QED) is 0.0243.